The number of carboxylic acids is 1. The van der Waals surface area contributed by atoms with Crippen LogP contribution in [-0.4, -0.2) is 88.2 Å². The van der Waals surface area contributed by atoms with E-state index in [1.165, 1.54) is 11.8 Å². The first-order valence-corrected chi connectivity index (χ1v) is 18.5. The second kappa shape index (κ2) is 18.5. The first-order chi connectivity index (χ1) is 25.6. The summed E-state index contributed by atoms with van der Waals surface area (Å²) < 4.78 is 10.8. The average Bonchev–Trinajstić information content (AvgIpc) is 3.64. The van der Waals surface area contributed by atoms with Crippen molar-refractivity contribution in [2.24, 2.45) is 0 Å². The molecule has 13 nitrogen and oxygen atoms in total. The first kappa shape index (κ1) is 41.3. The number of nitrogens with one attached hydrogen (secondary N) is 3. The van der Waals surface area contributed by atoms with Crippen molar-refractivity contribution in [2.45, 2.75) is 109 Å². The van der Waals surface area contributed by atoms with E-state index in [1.54, 1.807) is 58.0 Å². The van der Waals surface area contributed by atoms with Crippen LogP contribution < -0.4 is 16.0 Å². The lowest BCUT2D eigenvalue weighted by atomic mass is 9.94. The van der Waals surface area contributed by atoms with Crippen molar-refractivity contribution in [1.82, 2.24) is 20.9 Å². The summed E-state index contributed by atoms with van der Waals surface area (Å²) in [5.41, 5.74) is -1.17. The Kier molecular flexibility index (Phi) is 14.2. The third-order valence-corrected chi connectivity index (χ3v) is 9.47. The number of hydrogen-bond acceptors (Lipinski definition) is 8. The van der Waals surface area contributed by atoms with Gasteiger partial charge in [-0.2, -0.15) is 0 Å². The first-order valence-electron chi connectivity index (χ1n) is 18.5. The van der Waals surface area contributed by atoms with Gasteiger partial charge < -0.3 is 35.4 Å². The highest BCUT2D eigenvalue weighted by atomic mass is 16.6. The van der Waals surface area contributed by atoms with E-state index in [0.29, 0.717) is 31.2 Å². The normalized spacial score (nSPS) is 16.4. The fourth-order valence-corrected chi connectivity index (χ4v) is 6.35. The van der Waals surface area contributed by atoms with Crippen molar-refractivity contribution in [1.29, 1.82) is 0 Å². The van der Waals surface area contributed by atoms with Crippen LogP contribution in [0.3, 0.4) is 0 Å². The lowest BCUT2D eigenvalue weighted by Crippen LogP contribution is -2.63. The van der Waals surface area contributed by atoms with Crippen LogP contribution in [-0.2, 0) is 35.1 Å². The SMILES string of the molecule is CC[C@](C)(NC(=O)[C@H](CCCCOC(=O)c1ccccc1)NC(=O)OC(C)(C)C)C(=O)NC(Cc1cccc2ccccc12)C(=O)N1CCC[C@@H]1C(=O)O. The van der Waals surface area contributed by atoms with Gasteiger partial charge in [0.25, 0.3) is 0 Å². The van der Waals surface area contributed by atoms with Gasteiger partial charge >= 0.3 is 18.0 Å². The molecule has 13 heteroatoms. The van der Waals surface area contributed by atoms with Gasteiger partial charge in [0.15, 0.2) is 0 Å². The number of rotatable bonds is 16. The fraction of sp³-hybridized carbons (Fsp3) is 0.463. The summed E-state index contributed by atoms with van der Waals surface area (Å²) >= 11 is 0. The summed E-state index contributed by atoms with van der Waals surface area (Å²) in [6.07, 6.45) is 1.13. The lowest BCUT2D eigenvalue weighted by Gasteiger charge is -2.34. The summed E-state index contributed by atoms with van der Waals surface area (Å²) in [4.78, 5) is 80.6. The maximum Gasteiger partial charge on any atom is 0.408 e. The number of amides is 4. The molecular formula is C41H52N4O9. The Morgan fingerprint density at radius 2 is 1.56 bits per heavy atom. The molecule has 4 N–H and O–H groups in total. The van der Waals surface area contributed by atoms with E-state index in [-0.39, 0.29) is 32.4 Å². The molecule has 1 aliphatic rings. The van der Waals surface area contributed by atoms with Crippen molar-refractivity contribution in [2.75, 3.05) is 13.2 Å². The zero-order chi connectivity index (χ0) is 39.5. The molecule has 1 unspecified atom stereocenters. The molecule has 4 atom stereocenters. The van der Waals surface area contributed by atoms with Crippen LogP contribution in [0.25, 0.3) is 10.8 Å². The van der Waals surface area contributed by atoms with E-state index in [9.17, 15) is 33.9 Å². The van der Waals surface area contributed by atoms with Gasteiger partial charge in [-0.05, 0) is 94.7 Å². The number of unbranched alkanes of at least 4 members (excludes halogenated alkanes) is 1. The van der Waals surface area contributed by atoms with E-state index in [2.05, 4.69) is 16.0 Å². The number of carbonyl (C=O) groups is 6. The zero-order valence-corrected chi connectivity index (χ0v) is 31.7. The number of carboxylic acid groups (broad SMARTS) is 1. The number of esters is 1. The molecule has 4 amide bonds. The largest absolute Gasteiger partial charge is 0.480 e. The average molecular weight is 745 g/mol. The molecule has 1 saturated heterocycles. The Labute approximate surface area is 316 Å². The fourth-order valence-electron chi connectivity index (χ4n) is 6.35. The Bertz CT molecular complexity index is 1800. The number of likely N-dealkylation sites (tertiary alicyclic amines) is 1. The van der Waals surface area contributed by atoms with Crippen LogP contribution in [0.4, 0.5) is 4.79 Å². The van der Waals surface area contributed by atoms with Crippen molar-refractivity contribution in [3.63, 3.8) is 0 Å². The molecular weight excluding hydrogens is 692 g/mol. The standard InChI is InChI=1S/C41H52N4O9/c1-6-41(5,44-34(46)31(43-39(52)54-40(2,3)4)22-12-13-25-53-37(50)28-17-8-7-9-18-28)38(51)42-32(35(47)45-24-15-23-33(45)36(48)49)26-29-20-14-19-27-16-10-11-21-30(27)29/h7-11,14,16-21,31-33H,6,12-13,15,22-26H2,1-5H3,(H,42,51)(H,43,52)(H,44,46)(H,48,49)/t31-,32?,33+,41-/m0/s1. The summed E-state index contributed by atoms with van der Waals surface area (Å²) in [6, 6.07) is 18.6. The summed E-state index contributed by atoms with van der Waals surface area (Å²) in [6.45, 7) is 8.65. The molecule has 0 aromatic heterocycles. The Hall–Kier alpha value is -5.46. The van der Waals surface area contributed by atoms with Crippen molar-refractivity contribution < 1.29 is 43.3 Å². The second-order valence-corrected chi connectivity index (χ2v) is 14.8. The quantitative estimate of drug-likeness (QED) is 0.114. The molecule has 1 heterocycles. The van der Waals surface area contributed by atoms with Gasteiger partial charge in [0.1, 0.15) is 29.3 Å². The smallest absolute Gasteiger partial charge is 0.408 e. The highest BCUT2D eigenvalue weighted by Crippen LogP contribution is 2.24. The van der Waals surface area contributed by atoms with Crippen molar-refractivity contribution in [3.8, 4) is 0 Å². The van der Waals surface area contributed by atoms with E-state index < -0.39 is 65.0 Å². The highest BCUT2D eigenvalue weighted by Gasteiger charge is 2.41. The van der Waals surface area contributed by atoms with Crippen molar-refractivity contribution >= 4 is 46.5 Å². The molecule has 1 aliphatic heterocycles. The minimum Gasteiger partial charge on any atom is -0.480 e. The number of hydrogen-bond donors (Lipinski definition) is 4. The summed E-state index contributed by atoms with van der Waals surface area (Å²) in [7, 11) is 0. The van der Waals surface area contributed by atoms with Crippen LogP contribution >= 0.6 is 0 Å². The Morgan fingerprint density at radius 3 is 2.24 bits per heavy atom. The monoisotopic (exact) mass is 744 g/mol. The predicted octanol–water partition coefficient (Wildman–Crippen LogP) is 5.15. The maximum atomic E-state index is 14.2. The van der Waals surface area contributed by atoms with Crippen LogP contribution in [0.1, 0.15) is 89.1 Å². The topological polar surface area (TPSA) is 180 Å². The van der Waals surface area contributed by atoms with Gasteiger partial charge in [-0.15, -0.1) is 0 Å². The van der Waals surface area contributed by atoms with E-state index >= 15 is 0 Å². The van der Waals surface area contributed by atoms with Crippen LogP contribution in [0.2, 0.25) is 0 Å². The van der Waals surface area contributed by atoms with Gasteiger partial charge in [0, 0.05) is 13.0 Å². The number of nitrogens with zero attached hydrogens (tertiary/aromatic N) is 1. The van der Waals surface area contributed by atoms with E-state index in [1.807, 2.05) is 42.5 Å². The summed E-state index contributed by atoms with van der Waals surface area (Å²) in [5.74, 6) is -3.40. The Balaban J connectivity index is 1.51. The lowest BCUT2D eigenvalue weighted by molar-refractivity contribution is -0.149. The molecule has 54 heavy (non-hydrogen) atoms. The molecule has 0 bridgehead atoms. The molecule has 3 aromatic carbocycles. The number of benzene rings is 3. The molecule has 0 radical (unpaired) electrons. The van der Waals surface area contributed by atoms with Gasteiger partial charge in [0.2, 0.25) is 17.7 Å². The molecule has 4 rings (SSSR count). The number of carbonyl (C=O) groups excluding carboxylic acids is 5. The van der Waals surface area contributed by atoms with E-state index in [4.69, 9.17) is 9.47 Å². The minimum absolute atomic E-state index is 0.0835. The molecule has 290 valence electrons. The summed E-state index contributed by atoms with van der Waals surface area (Å²) in [5, 5.41) is 20.0. The molecule has 3 aromatic rings. The maximum absolute atomic E-state index is 14.2. The van der Waals surface area contributed by atoms with Gasteiger partial charge in [-0.25, -0.2) is 14.4 Å². The number of ether oxygens (including phenoxy) is 2. The molecule has 0 spiro atoms. The van der Waals surface area contributed by atoms with Crippen LogP contribution in [0.15, 0.2) is 72.8 Å². The van der Waals surface area contributed by atoms with Crippen molar-refractivity contribution in [3.05, 3.63) is 83.9 Å². The third-order valence-electron chi connectivity index (χ3n) is 9.47. The predicted molar refractivity (Wildman–Crippen MR) is 203 cm³/mol. The van der Waals surface area contributed by atoms with Crippen LogP contribution in [0, 0.1) is 0 Å². The van der Waals surface area contributed by atoms with Gasteiger partial charge in [-0.3, -0.25) is 14.4 Å². The van der Waals surface area contributed by atoms with Gasteiger partial charge in [0.05, 0.1) is 12.2 Å². The second-order valence-electron chi connectivity index (χ2n) is 14.8. The third kappa shape index (κ3) is 11.3. The minimum atomic E-state index is -1.54. The number of fused-ring (bicyclic) bond motifs is 1. The zero-order valence-electron chi connectivity index (χ0n) is 31.7. The van der Waals surface area contributed by atoms with Gasteiger partial charge in [-0.1, -0.05) is 67.6 Å². The molecule has 1 fully saturated rings. The number of alkyl carbamates (subject to hydrolysis) is 1. The molecule has 0 saturated carbocycles. The highest BCUT2D eigenvalue weighted by molar-refractivity contribution is 5.97. The van der Waals surface area contributed by atoms with Crippen LogP contribution in [0.5, 0.6) is 0 Å². The van der Waals surface area contributed by atoms with E-state index in [0.717, 1.165) is 16.3 Å². The Morgan fingerprint density at radius 1 is 0.870 bits per heavy atom. The number of aliphatic carboxylic acids is 1. The molecule has 0 aliphatic carbocycles.